The molecule has 1 rings (SSSR count). The molecule has 0 unspecified atom stereocenters. The van der Waals surface area contributed by atoms with E-state index >= 15 is 0 Å². The molecule has 1 aliphatic heterocycles. The van der Waals surface area contributed by atoms with E-state index in [0.717, 1.165) is 12.8 Å². The zero-order chi connectivity index (χ0) is 18.9. The highest BCUT2D eigenvalue weighted by Crippen LogP contribution is 2.11. The summed E-state index contributed by atoms with van der Waals surface area (Å²) in [5.74, 6) is 0.358. The van der Waals surface area contributed by atoms with E-state index in [-0.39, 0.29) is 36.1 Å². The number of hydrogen-bond donors (Lipinski definition) is 2. The molecule has 0 aromatic heterocycles. The fraction of sp³-hybridized carbons (Fsp3) is 0.867. The molecule has 1 heterocycles. The van der Waals surface area contributed by atoms with E-state index in [1.54, 1.807) is 11.8 Å². The van der Waals surface area contributed by atoms with Gasteiger partial charge in [0.15, 0.2) is 5.96 Å². The first-order chi connectivity index (χ1) is 11.8. The minimum atomic E-state index is -3.16. The zero-order valence-corrected chi connectivity index (χ0v) is 19.0. The molecule has 0 saturated carbocycles. The van der Waals surface area contributed by atoms with Crippen molar-refractivity contribution in [3.05, 3.63) is 0 Å². The predicted molar refractivity (Wildman–Crippen MR) is 113 cm³/mol. The van der Waals surface area contributed by atoms with Crippen LogP contribution in [0.25, 0.3) is 0 Å². The van der Waals surface area contributed by atoms with E-state index in [0.29, 0.717) is 51.7 Å². The van der Waals surface area contributed by atoms with E-state index in [4.69, 9.17) is 10.5 Å². The number of amides is 1. The number of aliphatic imine (C=N–C) groups is 1. The van der Waals surface area contributed by atoms with Crippen molar-refractivity contribution in [2.24, 2.45) is 10.7 Å². The maximum absolute atomic E-state index is 11.6. The maximum atomic E-state index is 11.6. The summed E-state index contributed by atoms with van der Waals surface area (Å²) in [6.45, 7) is 6.59. The van der Waals surface area contributed by atoms with Gasteiger partial charge in [-0.25, -0.2) is 17.5 Å². The van der Waals surface area contributed by atoms with Crippen LogP contribution in [0, 0.1) is 0 Å². The second-order valence-electron chi connectivity index (χ2n) is 5.98. The molecule has 0 radical (unpaired) electrons. The third-order valence-corrected chi connectivity index (χ3v) is 5.42. The first-order valence-corrected chi connectivity index (χ1v) is 10.6. The van der Waals surface area contributed by atoms with Crippen LogP contribution in [0.5, 0.6) is 0 Å². The monoisotopic (exact) mass is 505 g/mol. The van der Waals surface area contributed by atoms with E-state index in [1.807, 2.05) is 6.92 Å². The molecule has 3 N–H and O–H groups in total. The second-order valence-corrected chi connectivity index (χ2v) is 7.96. The van der Waals surface area contributed by atoms with Gasteiger partial charge in [0, 0.05) is 38.8 Å². The number of halogens is 1. The minimum Gasteiger partial charge on any atom is -0.450 e. The number of likely N-dealkylation sites (tertiary alicyclic amines) is 1. The normalized spacial score (nSPS) is 16.3. The summed E-state index contributed by atoms with van der Waals surface area (Å²) in [7, 11) is -3.16. The van der Waals surface area contributed by atoms with Crippen LogP contribution in [0.15, 0.2) is 4.99 Å². The fourth-order valence-corrected chi connectivity index (χ4v) is 3.61. The molecule has 0 atom stereocenters. The van der Waals surface area contributed by atoms with Gasteiger partial charge in [0.25, 0.3) is 0 Å². The van der Waals surface area contributed by atoms with Crippen molar-refractivity contribution in [3.63, 3.8) is 0 Å². The van der Waals surface area contributed by atoms with E-state index in [2.05, 4.69) is 10.3 Å². The number of sulfonamides is 1. The second kappa shape index (κ2) is 12.5. The summed E-state index contributed by atoms with van der Waals surface area (Å²) in [6, 6.07) is 0.178. The number of nitrogens with one attached hydrogen (secondary N) is 1. The Hall–Kier alpha value is -0.820. The van der Waals surface area contributed by atoms with Crippen LogP contribution in [-0.2, 0) is 14.8 Å². The number of carbonyl (C=O) groups excluding carboxylic acids is 1. The summed E-state index contributed by atoms with van der Waals surface area (Å²) < 4.78 is 29.4. The first-order valence-electron chi connectivity index (χ1n) is 8.71. The van der Waals surface area contributed by atoms with Gasteiger partial charge in [-0.3, -0.25) is 4.99 Å². The molecule has 0 spiro atoms. The molecule has 0 bridgehead atoms. The average Bonchev–Trinajstić information content (AvgIpc) is 2.54. The number of piperidine rings is 1. The van der Waals surface area contributed by atoms with Gasteiger partial charge in [0.05, 0.1) is 12.9 Å². The van der Waals surface area contributed by atoms with Crippen LogP contribution in [0.2, 0.25) is 0 Å². The molecule has 1 amide bonds. The molecule has 0 aliphatic carbocycles. The average molecular weight is 505 g/mol. The Morgan fingerprint density at radius 2 is 1.96 bits per heavy atom. The van der Waals surface area contributed by atoms with Gasteiger partial charge in [-0.1, -0.05) is 6.92 Å². The standard InChI is InChI=1S/C15H31N5O4S.HI/c1-4-20(25(3,22)23)10-6-9-17-14(16)18-13-7-11-19(12-8-13)15(21)24-5-2;/h13H,4-12H2,1-3H3,(H3,16,17,18);1H. The lowest BCUT2D eigenvalue weighted by Gasteiger charge is -2.31. The maximum Gasteiger partial charge on any atom is 0.409 e. The van der Waals surface area contributed by atoms with Crippen LogP contribution in [0.4, 0.5) is 4.79 Å². The van der Waals surface area contributed by atoms with Gasteiger partial charge in [-0.2, -0.15) is 0 Å². The quantitative estimate of drug-likeness (QED) is 0.218. The summed E-state index contributed by atoms with van der Waals surface area (Å²) >= 11 is 0. The Kier molecular flexibility index (Phi) is 12.2. The molecule has 1 saturated heterocycles. The topological polar surface area (TPSA) is 117 Å². The lowest BCUT2D eigenvalue weighted by molar-refractivity contribution is 0.0963. The highest BCUT2D eigenvalue weighted by Gasteiger charge is 2.23. The van der Waals surface area contributed by atoms with E-state index < -0.39 is 10.0 Å². The number of ether oxygens (including phenoxy) is 1. The Bertz CT molecular complexity index is 550. The highest BCUT2D eigenvalue weighted by molar-refractivity contribution is 14.0. The zero-order valence-electron chi connectivity index (χ0n) is 15.8. The smallest absolute Gasteiger partial charge is 0.409 e. The largest absolute Gasteiger partial charge is 0.450 e. The summed E-state index contributed by atoms with van der Waals surface area (Å²) in [5, 5.41) is 3.16. The van der Waals surface area contributed by atoms with Crippen molar-refractivity contribution in [1.82, 2.24) is 14.5 Å². The number of guanidine groups is 1. The lowest BCUT2D eigenvalue weighted by atomic mass is 10.1. The number of nitrogens with zero attached hydrogens (tertiary/aromatic N) is 3. The summed E-state index contributed by atoms with van der Waals surface area (Å²) in [6.07, 6.45) is 3.12. The van der Waals surface area contributed by atoms with Gasteiger partial charge in [-0.15, -0.1) is 24.0 Å². The number of nitrogens with two attached hydrogens (primary N) is 1. The number of carbonyl (C=O) groups is 1. The number of hydrogen-bond acceptors (Lipinski definition) is 5. The molecule has 9 nitrogen and oxygen atoms in total. The van der Waals surface area contributed by atoms with Gasteiger partial charge in [0.2, 0.25) is 10.0 Å². The van der Waals surface area contributed by atoms with Gasteiger partial charge < -0.3 is 20.7 Å². The first kappa shape index (κ1) is 25.2. The molecular weight excluding hydrogens is 473 g/mol. The van der Waals surface area contributed by atoms with Crippen LogP contribution in [0.1, 0.15) is 33.1 Å². The van der Waals surface area contributed by atoms with Crippen molar-refractivity contribution in [3.8, 4) is 0 Å². The van der Waals surface area contributed by atoms with E-state index in [9.17, 15) is 13.2 Å². The Morgan fingerprint density at radius 1 is 1.35 bits per heavy atom. The third-order valence-electron chi connectivity index (χ3n) is 4.04. The van der Waals surface area contributed by atoms with Crippen molar-refractivity contribution >= 4 is 46.1 Å². The van der Waals surface area contributed by atoms with Gasteiger partial charge in [-0.05, 0) is 26.2 Å². The molecule has 26 heavy (non-hydrogen) atoms. The molecule has 1 fully saturated rings. The minimum absolute atomic E-state index is 0. The molecule has 11 heteroatoms. The Morgan fingerprint density at radius 3 is 2.46 bits per heavy atom. The molecule has 1 aliphatic rings. The Labute approximate surface area is 173 Å². The fourth-order valence-electron chi connectivity index (χ4n) is 2.68. The van der Waals surface area contributed by atoms with Crippen LogP contribution in [0.3, 0.4) is 0 Å². The third kappa shape index (κ3) is 9.21. The number of rotatable bonds is 8. The lowest BCUT2D eigenvalue weighted by Crippen LogP contribution is -2.48. The van der Waals surface area contributed by atoms with Crippen molar-refractivity contribution < 1.29 is 17.9 Å². The van der Waals surface area contributed by atoms with Crippen molar-refractivity contribution in [1.29, 1.82) is 0 Å². The van der Waals surface area contributed by atoms with E-state index in [1.165, 1.54) is 10.6 Å². The Balaban J connectivity index is 0.00000625. The van der Waals surface area contributed by atoms with Crippen LogP contribution < -0.4 is 11.1 Å². The molecule has 0 aromatic carbocycles. The molecule has 0 aromatic rings. The van der Waals surface area contributed by atoms with Crippen LogP contribution in [-0.4, -0.2) is 81.3 Å². The van der Waals surface area contributed by atoms with Crippen LogP contribution >= 0.6 is 24.0 Å². The SMILES string of the molecule is CCOC(=O)N1CCC(NC(N)=NCCCN(CC)S(C)(=O)=O)CC1.I. The molecular formula is C15H32IN5O4S. The molecule has 154 valence electrons. The summed E-state index contributed by atoms with van der Waals surface area (Å²) in [5.41, 5.74) is 5.88. The highest BCUT2D eigenvalue weighted by atomic mass is 127. The van der Waals surface area contributed by atoms with Gasteiger partial charge >= 0.3 is 6.09 Å². The summed E-state index contributed by atoms with van der Waals surface area (Å²) in [4.78, 5) is 17.6. The van der Waals surface area contributed by atoms with Gasteiger partial charge in [0.1, 0.15) is 0 Å². The van der Waals surface area contributed by atoms with Crippen molar-refractivity contribution in [2.45, 2.75) is 39.2 Å². The van der Waals surface area contributed by atoms with Crippen molar-refractivity contribution in [2.75, 3.05) is 45.6 Å². The predicted octanol–water partition coefficient (Wildman–Crippen LogP) is 0.801.